The van der Waals surface area contributed by atoms with Gasteiger partial charge >= 0.3 is 42.8 Å². The molecule has 0 unspecified atom stereocenters. The Hall–Kier alpha value is -13.1. The van der Waals surface area contributed by atoms with Gasteiger partial charge in [0.25, 0.3) is 11.8 Å². The van der Waals surface area contributed by atoms with Gasteiger partial charge in [-0.1, -0.05) is 140 Å². The first-order valence-electron chi connectivity index (χ1n) is 46.5. The summed E-state index contributed by atoms with van der Waals surface area (Å²) in [7, 11) is 0. The number of ether oxygens (including phenoxy) is 4. The van der Waals surface area contributed by atoms with Gasteiger partial charge in [0.15, 0.2) is 23.0 Å². The monoisotopic (exact) mass is 1950 g/mol. The molecule has 10 aromatic rings. The lowest BCUT2D eigenvalue weighted by Gasteiger charge is -2.38. The number of alkyl halides is 10. The molecule has 0 radical (unpaired) electrons. The van der Waals surface area contributed by atoms with E-state index in [1.54, 1.807) is 40.3 Å². The standard InChI is InChI=1S/C26H29N3O4.C23H25F5N2O.C20H19F2N3O4.C19H20F3N3O.C15H22ClN3O/c30-26(27-21-8-9-24-25(17-21)33-16-15-32-24)29(19-23-7-4-14-31-23)22-10-12-28(13-11-22)18-20-5-2-1-3-6-20;1-22(24,25)18-12-19(23(26,27)28)14-20(13-18)29-21(31)15-30-9-7-17(8-10-30)11-16-5-3-2-4-6-16;21-20(22)28-16-7-6-15(12-17(16)29-20)24-19(27)23-14-8-10-25(11-9-14)18(26)13-4-2-1-3-5-13;20-19(21,22)16-7-4-8-17(13-16)23-18(26)25-11-9-24(10-12-25)14-15-5-2-1-3-6-15;1-2-8-19-9-6-13(7-10-19)17-15(20)18-14-5-3-4-12(16)11-14/h1-9,14,17,22H,10-13,15-16,18-19H2,(H,27,30);2-6,12-14,17H,7-11,15H2,1H3,(H,29,31);1-7,12,14H,8-11H2,(H2,23,24,27);1-8,13H,9-12,14H2,(H,23,26);3-5,11,13H,2,6-10H2,1H3,(H2,17,18,20). The van der Waals surface area contributed by atoms with Crippen molar-refractivity contribution in [2.75, 3.05) is 131 Å². The average molecular weight is 1950 g/mol. The number of piperidine rings is 4. The third-order valence-electron chi connectivity index (χ3n) is 24.4. The molecule has 8 heterocycles. The molecule has 7 N–H and O–H groups in total. The Bertz CT molecular complexity index is 5580. The van der Waals surface area contributed by atoms with Crippen LogP contribution in [0.5, 0.6) is 23.0 Å². The maximum atomic E-state index is 13.6. The molecule has 10 amide bonds. The zero-order valence-corrected chi connectivity index (χ0v) is 77.9. The molecular weight excluding hydrogens is 1830 g/mol. The summed E-state index contributed by atoms with van der Waals surface area (Å²) in [5.41, 5.74) is 3.25. The lowest BCUT2D eigenvalue weighted by atomic mass is 9.90. The fourth-order valence-corrected chi connectivity index (χ4v) is 17.3. The summed E-state index contributed by atoms with van der Waals surface area (Å²) in [5.74, 6) is -1.57. The van der Waals surface area contributed by atoms with Gasteiger partial charge in [0, 0.05) is 160 Å². The van der Waals surface area contributed by atoms with Crippen molar-refractivity contribution < 1.29 is 96.0 Å². The summed E-state index contributed by atoms with van der Waals surface area (Å²) in [6.45, 7) is 16.2. The van der Waals surface area contributed by atoms with Gasteiger partial charge in [0.05, 0.1) is 30.5 Å². The molecule has 25 nitrogen and oxygen atoms in total. The summed E-state index contributed by atoms with van der Waals surface area (Å²) >= 11 is 5.89. The van der Waals surface area contributed by atoms with E-state index in [1.165, 1.54) is 53.4 Å². The number of halogens is 11. The van der Waals surface area contributed by atoms with E-state index in [1.807, 2.05) is 113 Å². The summed E-state index contributed by atoms with van der Waals surface area (Å²) in [5, 5.41) is 19.9. The SMILES string of the molecule is CC(F)(F)c1cc(NC(=O)CN2CCC(Cc3ccccc3)CC2)cc(C(F)(F)F)c1.CCCN1CCC(NC(=O)Nc2cccc(Cl)c2)CC1.O=C(Nc1ccc2c(c1)OC(F)(F)O2)NC1CCN(C(=O)c2ccccc2)CC1.O=C(Nc1ccc2c(c1)OCCO2)N(Cc1ccco1)C1CCN(Cc2ccccc2)CC1.O=C(Nc1cccc(C(F)(F)F)c1)N1CCN(Cc2ccccc2)CC1. The molecule has 0 saturated carbocycles. The van der Waals surface area contributed by atoms with E-state index in [9.17, 15) is 72.7 Å². The Morgan fingerprint density at radius 1 is 0.439 bits per heavy atom. The molecule has 17 rings (SSSR count). The number of urea groups is 4. The minimum atomic E-state index is -4.79. The first-order chi connectivity index (χ1) is 66.7. The number of hydrogen-bond acceptors (Lipinski definition) is 15. The maximum Gasteiger partial charge on any atom is 0.586 e. The summed E-state index contributed by atoms with van der Waals surface area (Å²) in [6, 6.07) is 66.2. The van der Waals surface area contributed by atoms with Gasteiger partial charge in [-0.2, -0.15) is 26.3 Å². The number of furan rings is 1. The number of likely N-dealkylation sites (tertiary alicyclic amines) is 4. The number of piperazine rings is 1. The smallest absolute Gasteiger partial charge is 0.486 e. The van der Waals surface area contributed by atoms with Crippen LogP contribution in [0.15, 0.2) is 247 Å². The molecule has 0 spiro atoms. The number of rotatable bonds is 22. The number of benzene rings is 9. The van der Waals surface area contributed by atoms with Gasteiger partial charge < -0.3 is 80.2 Å². The lowest BCUT2D eigenvalue weighted by molar-refractivity contribution is -0.286. The Balaban J connectivity index is 0.000000148. The van der Waals surface area contributed by atoms with Gasteiger partial charge in [-0.15, -0.1) is 8.78 Å². The Morgan fingerprint density at radius 2 is 0.942 bits per heavy atom. The molecular formula is C103H115ClF10N14O11. The van der Waals surface area contributed by atoms with Crippen molar-refractivity contribution in [2.24, 2.45) is 5.92 Å². The van der Waals surface area contributed by atoms with Crippen LogP contribution >= 0.6 is 11.6 Å². The first kappa shape index (κ1) is 103. The zero-order valence-electron chi connectivity index (χ0n) is 77.2. The largest absolute Gasteiger partial charge is 0.586 e. The van der Waals surface area contributed by atoms with Crippen molar-refractivity contribution >= 4 is 76.0 Å². The van der Waals surface area contributed by atoms with E-state index in [4.69, 9.17) is 25.5 Å². The van der Waals surface area contributed by atoms with Crippen LogP contribution in [-0.4, -0.2) is 199 Å². The van der Waals surface area contributed by atoms with Crippen molar-refractivity contribution in [3.05, 3.63) is 293 Å². The number of carbonyl (C=O) groups is 6. The third-order valence-corrected chi connectivity index (χ3v) is 24.6. The molecule has 740 valence electrons. The van der Waals surface area contributed by atoms with E-state index < -0.39 is 53.2 Å². The topological polar surface area (TPSA) is 259 Å². The van der Waals surface area contributed by atoms with Gasteiger partial charge in [-0.3, -0.25) is 24.3 Å². The number of hydrogen-bond donors (Lipinski definition) is 7. The van der Waals surface area contributed by atoms with Crippen LogP contribution in [0.4, 0.5) is 91.5 Å². The quantitative estimate of drug-likeness (QED) is 0.0311. The second-order valence-corrected chi connectivity index (χ2v) is 35.4. The van der Waals surface area contributed by atoms with Crippen LogP contribution in [0.2, 0.25) is 5.02 Å². The molecule has 0 bridgehead atoms. The van der Waals surface area contributed by atoms with Crippen molar-refractivity contribution in [1.82, 2.24) is 44.9 Å². The minimum Gasteiger partial charge on any atom is -0.486 e. The number of carbonyl (C=O) groups excluding carboxylic acids is 6. The summed E-state index contributed by atoms with van der Waals surface area (Å²) in [6.07, 6.45) is -2.16. The first-order valence-corrected chi connectivity index (χ1v) is 46.9. The van der Waals surface area contributed by atoms with Crippen LogP contribution in [-0.2, 0) is 49.1 Å². The molecule has 5 saturated heterocycles. The number of nitrogens with zero attached hydrogens (tertiary/aromatic N) is 7. The highest BCUT2D eigenvalue weighted by Crippen LogP contribution is 2.43. The average Bonchev–Trinajstić information content (AvgIpc) is 1.31. The van der Waals surface area contributed by atoms with Gasteiger partial charge in [0.2, 0.25) is 5.91 Å². The van der Waals surface area contributed by atoms with E-state index in [-0.39, 0.29) is 71.5 Å². The molecule has 139 heavy (non-hydrogen) atoms. The maximum absolute atomic E-state index is 13.6. The van der Waals surface area contributed by atoms with Crippen LogP contribution < -0.4 is 56.2 Å². The van der Waals surface area contributed by atoms with E-state index in [0.717, 1.165) is 133 Å². The number of fused-ring (bicyclic) bond motifs is 2. The van der Waals surface area contributed by atoms with Crippen LogP contribution in [0.3, 0.4) is 0 Å². The Morgan fingerprint density at radius 3 is 1.52 bits per heavy atom. The Kier molecular flexibility index (Phi) is 36.8. The molecule has 5 fully saturated rings. The highest BCUT2D eigenvalue weighted by Gasteiger charge is 2.44. The predicted octanol–water partition coefficient (Wildman–Crippen LogP) is 21.3. The second-order valence-electron chi connectivity index (χ2n) is 35.0. The summed E-state index contributed by atoms with van der Waals surface area (Å²) in [4.78, 5) is 89.0. The Labute approximate surface area is 806 Å². The van der Waals surface area contributed by atoms with Crippen molar-refractivity contribution in [3.8, 4) is 23.0 Å². The molecule has 9 aromatic carbocycles. The zero-order chi connectivity index (χ0) is 98.5. The van der Waals surface area contributed by atoms with E-state index >= 15 is 0 Å². The highest BCUT2D eigenvalue weighted by atomic mass is 35.5. The fourth-order valence-electron chi connectivity index (χ4n) is 17.1. The van der Waals surface area contributed by atoms with Crippen LogP contribution in [0.1, 0.15) is 121 Å². The molecule has 0 aliphatic carbocycles. The van der Waals surface area contributed by atoms with Gasteiger partial charge in [-0.05, 0) is 210 Å². The molecule has 0 atom stereocenters. The summed E-state index contributed by atoms with van der Waals surface area (Å²) < 4.78 is 156. The number of amides is 10. The fraction of sp³-hybridized carbons (Fsp3) is 0.379. The van der Waals surface area contributed by atoms with E-state index in [2.05, 4.69) is 117 Å². The molecule has 36 heteroatoms. The predicted molar refractivity (Wildman–Crippen MR) is 512 cm³/mol. The van der Waals surface area contributed by atoms with Crippen LogP contribution in [0, 0.1) is 5.92 Å². The highest BCUT2D eigenvalue weighted by molar-refractivity contribution is 6.30. The van der Waals surface area contributed by atoms with Crippen molar-refractivity contribution in [3.63, 3.8) is 0 Å². The van der Waals surface area contributed by atoms with Crippen molar-refractivity contribution in [2.45, 2.75) is 140 Å². The second kappa shape index (κ2) is 49.5. The third kappa shape index (κ3) is 32.8. The normalized spacial score (nSPS) is 16.6. The number of nitrogens with one attached hydrogen (secondary N) is 7. The lowest BCUT2D eigenvalue weighted by Crippen LogP contribution is -2.49. The number of anilines is 5. The van der Waals surface area contributed by atoms with Gasteiger partial charge in [0.1, 0.15) is 19.0 Å². The van der Waals surface area contributed by atoms with E-state index in [0.29, 0.717) is 130 Å². The van der Waals surface area contributed by atoms with Crippen molar-refractivity contribution in [1.29, 1.82) is 0 Å². The molecule has 7 aliphatic rings. The minimum absolute atomic E-state index is 0.00610. The molecule has 7 aliphatic heterocycles. The molecule has 1 aromatic heterocycles. The van der Waals surface area contributed by atoms with Gasteiger partial charge in [-0.25, -0.2) is 28.0 Å². The van der Waals surface area contributed by atoms with Crippen LogP contribution in [0.25, 0.3) is 0 Å².